The molecule has 4 aliphatic heterocycles. The van der Waals surface area contributed by atoms with Crippen molar-refractivity contribution in [3.8, 4) is 34.9 Å². The second-order valence-electron chi connectivity index (χ2n) is 9.85. The first-order chi connectivity index (χ1) is 18.0. The Morgan fingerprint density at radius 1 is 0.486 bits per heavy atom. The summed E-state index contributed by atoms with van der Waals surface area (Å²) in [5, 5.41) is 43.1. The van der Waals surface area contributed by atoms with Gasteiger partial charge < -0.3 is 29.9 Å². The predicted octanol–water partition coefficient (Wildman–Crippen LogP) is 5.05. The number of nitrogens with zero attached hydrogens (tertiary/aromatic N) is 2. The average molecular weight is 495 g/mol. The molecule has 0 saturated carbocycles. The molecule has 4 bridgehead atoms. The van der Waals surface area contributed by atoms with Crippen LogP contribution in [-0.4, -0.2) is 29.6 Å². The zero-order chi connectivity index (χ0) is 25.0. The van der Waals surface area contributed by atoms with E-state index in [1.54, 1.807) is 0 Å². The Morgan fingerprint density at radius 2 is 0.784 bits per heavy atom. The van der Waals surface area contributed by atoms with Crippen molar-refractivity contribution in [2.45, 2.75) is 30.8 Å². The Labute approximate surface area is 211 Å². The lowest BCUT2D eigenvalue weighted by molar-refractivity contribution is 0.0840. The van der Waals surface area contributed by atoms with Gasteiger partial charge in [0.05, 0.1) is 33.6 Å². The van der Waals surface area contributed by atoms with Crippen molar-refractivity contribution in [1.29, 1.82) is 0 Å². The molecule has 4 N–H and O–H groups in total. The number of benzene rings is 2. The molecule has 8 nitrogen and oxygen atoms in total. The van der Waals surface area contributed by atoms with Crippen LogP contribution in [0.4, 0.5) is 0 Å². The third-order valence-electron chi connectivity index (χ3n) is 7.83. The van der Waals surface area contributed by atoms with E-state index in [1.807, 2.05) is 72.8 Å². The van der Waals surface area contributed by atoms with Crippen LogP contribution in [0.25, 0.3) is 11.4 Å². The molecule has 2 aromatic carbocycles. The largest absolute Gasteiger partial charge is 0.494 e. The maximum Gasteiger partial charge on any atom is 0.205 e. The van der Waals surface area contributed by atoms with Crippen molar-refractivity contribution < 1.29 is 29.9 Å². The molecule has 8 rings (SSSR count). The predicted molar refractivity (Wildman–Crippen MR) is 132 cm³/mol. The number of aromatic nitrogens is 2. The van der Waals surface area contributed by atoms with Crippen molar-refractivity contribution in [2.75, 3.05) is 0 Å². The summed E-state index contributed by atoms with van der Waals surface area (Å²) < 4.78 is 14.3. The van der Waals surface area contributed by atoms with Crippen molar-refractivity contribution in [2.24, 2.45) is 0 Å². The van der Waals surface area contributed by atoms with Crippen LogP contribution in [0.3, 0.4) is 0 Å². The third kappa shape index (κ3) is 2.68. The highest BCUT2D eigenvalue weighted by molar-refractivity contribution is 5.61. The highest BCUT2D eigenvalue weighted by atomic mass is 16.5. The fraction of sp³-hybridized carbons (Fsp3) is 0.172. The monoisotopic (exact) mass is 494 g/mol. The van der Waals surface area contributed by atoms with Gasteiger partial charge >= 0.3 is 0 Å². The normalized spacial score (nSPS) is 23.8. The minimum atomic E-state index is -0.314. The van der Waals surface area contributed by atoms with E-state index in [2.05, 4.69) is 0 Å². The van der Waals surface area contributed by atoms with Crippen molar-refractivity contribution in [3.63, 3.8) is 0 Å². The lowest BCUT2D eigenvalue weighted by Crippen LogP contribution is -1.98. The van der Waals surface area contributed by atoms with Crippen LogP contribution in [0.2, 0.25) is 0 Å². The van der Waals surface area contributed by atoms with Crippen LogP contribution in [0.1, 0.15) is 57.8 Å². The first kappa shape index (κ1) is 20.8. The van der Waals surface area contributed by atoms with Gasteiger partial charge in [-0.3, -0.25) is 9.13 Å². The lowest BCUT2D eigenvalue weighted by Gasteiger charge is -2.12. The van der Waals surface area contributed by atoms with E-state index >= 15 is 0 Å². The van der Waals surface area contributed by atoms with E-state index in [0.29, 0.717) is 40.0 Å². The second kappa shape index (κ2) is 7.09. The van der Waals surface area contributed by atoms with Crippen molar-refractivity contribution in [3.05, 3.63) is 106 Å². The zero-order valence-electron chi connectivity index (χ0n) is 19.4. The quantitative estimate of drug-likeness (QED) is 0.296. The minimum absolute atomic E-state index is 0.00512. The standard InChI is InChI=1S/C29H22N2O6/c32-26-22-18-9-10-19(36-18)23(22)27(33)30(26)16-5-1-14(2-6-16)13-15-3-7-17(8-4-15)31-28(34)24-20-11-12-21(37-20)25(24)29(31)35/h1-12,18-21,32-35H,13H2. The fourth-order valence-corrected chi connectivity index (χ4v) is 6.09. The van der Waals surface area contributed by atoms with Gasteiger partial charge in [0.25, 0.3) is 0 Å². The second-order valence-corrected chi connectivity index (χ2v) is 9.85. The summed E-state index contributed by atoms with van der Waals surface area (Å²) in [5.74, 6) is 0.0205. The molecule has 4 aromatic rings. The first-order valence-corrected chi connectivity index (χ1v) is 12.2. The van der Waals surface area contributed by atoms with Crippen LogP contribution in [0.5, 0.6) is 23.5 Å². The molecule has 0 amide bonds. The van der Waals surface area contributed by atoms with Gasteiger partial charge in [0.1, 0.15) is 24.4 Å². The van der Waals surface area contributed by atoms with Gasteiger partial charge in [-0.15, -0.1) is 0 Å². The third-order valence-corrected chi connectivity index (χ3v) is 7.83. The molecular weight excluding hydrogens is 472 g/mol. The smallest absolute Gasteiger partial charge is 0.205 e. The molecule has 0 radical (unpaired) electrons. The summed E-state index contributed by atoms with van der Waals surface area (Å²) in [6, 6.07) is 15.3. The van der Waals surface area contributed by atoms with Gasteiger partial charge in [-0.05, 0) is 41.8 Å². The molecule has 4 aliphatic rings. The zero-order valence-corrected chi connectivity index (χ0v) is 19.4. The summed E-state index contributed by atoms with van der Waals surface area (Å²) in [6.45, 7) is 0. The van der Waals surface area contributed by atoms with Crippen LogP contribution in [-0.2, 0) is 15.9 Å². The van der Waals surface area contributed by atoms with Crippen LogP contribution < -0.4 is 0 Å². The van der Waals surface area contributed by atoms with Crippen LogP contribution in [0.15, 0.2) is 72.8 Å². The average Bonchev–Trinajstić information content (AvgIpc) is 3.74. The molecule has 184 valence electrons. The molecule has 0 spiro atoms. The minimum Gasteiger partial charge on any atom is -0.494 e. The number of fused-ring (bicyclic) bond motifs is 10. The Hall–Kier alpha value is -4.40. The van der Waals surface area contributed by atoms with Crippen LogP contribution in [0, 0.1) is 0 Å². The van der Waals surface area contributed by atoms with Crippen molar-refractivity contribution >= 4 is 0 Å². The van der Waals surface area contributed by atoms with E-state index in [1.165, 1.54) is 9.13 Å². The topological polar surface area (TPSA) is 109 Å². The Kier molecular flexibility index (Phi) is 3.98. The molecule has 2 aromatic heterocycles. The van der Waals surface area contributed by atoms with Gasteiger partial charge in [-0.25, -0.2) is 0 Å². The van der Waals surface area contributed by atoms with E-state index in [4.69, 9.17) is 9.47 Å². The van der Waals surface area contributed by atoms with Crippen molar-refractivity contribution in [1.82, 2.24) is 9.13 Å². The van der Waals surface area contributed by atoms with Crippen LogP contribution >= 0.6 is 0 Å². The molecule has 0 aliphatic carbocycles. The Morgan fingerprint density at radius 3 is 1.08 bits per heavy atom. The molecule has 0 saturated heterocycles. The highest BCUT2D eigenvalue weighted by Crippen LogP contribution is 2.56. The molecule has 6 heterocycles. The van der Waals surface area contributed by atoms with Gasteiger partial charge in [0.15, 0.2) is 0 Å². The molecule has 4 atom stereocenters. The summed E-state index contributed by atoms with van der Waals surface area (Å²) in [5.41, 5.74) is 6.00. The van der Waals surface area contributed by atoms with Gasteiger partial charge in [0.2, 0.25) is 23.5 Å². The first-order valence-electron chi connectivity index (χ1n) is 12.2. The Balaban J connectivity index is 1.04. The molecule has 0 fully saturated rings. The van der Waals surface area contributed by atoms with E-state index in [-0.39, 0.29) is 47.9 Å². The maximum atomic E-state index is 10.8. The number of hydrogen-bond acceptors (Lipinski definition) is 6. The molecular formula is C29H22N2O6. The lowest BCUT2D eigenvalue weighted by atomic mass is 10.0. The molecule has 8 heteroatoms. The van der Waals surface area contributed by atoms with E-state index in [0.717, 1.165) is 11.1 Å². The number of ether oxygens (including phenoxy) is 2. The van der Waals surface area contributed by atoms with E-state index < -0.39 is 0 Å². The molecule has 37 heavy (non-hydrogen) atoms. The highest BCUT2D eigenvalue weighted by Gasteiger charge is 2.43. The van der Waals surface area contributed by atoms with Gasteiger partial charge in [-0.1, -0.05) is 48.6 Å². The summed E-state index contributed by atoms with van der Waals surface area (Å²) in [4.78, 5) is 0. The SMILES string of the molecule is Oc1c2c(c(O)n1-c1ccc(Cc3ccc(-n4c(O)c5c(c4O)C4C=CC5O4)cc3)cc1)C1C=CC2O1. The van der Waals surface area contributed by atoms with Gasteiger partial charge in [0, 0.05) is 0 Å². The number of aromatic hydroxyl groups is 4. The van der Waals surface area contributed by atoms with E-state index in [9.17, 15) is 20.4 Å². The Bertz CT molecular complexity index is 1460. The summed E-state index contributed by atoms with van der Waals surface area (Å²) >= 11 is 0. The maximum absolute atomic E-state index is 10.8. The summed E-state index contributed by atoms with van der Waals surface area (Å²) in [7, 11) is 0. The fourth-order valence-electron chi connectivity index (χ4n) is 6.09. The number of hydrogen-bond donors (Lipinski definition) is 4. The van der Waals surface area contributed by atoms with Gasteiger partial charge in [-0.2, -0.15) is 0 Å². The summed E-state index contributed by atoms with van der Waals surface area (Å²) in [6.07, 6.45) is 7.00. The number of rotatable bonds is 4. The molecule has 4 unspecified atom stereocenters.